The number of anilines is 1. The van der Waals surface area contributed by atoms with E-state index in [0.29, 0.717) is 23.6 Å². The van der Waals surface area contributed by atoms with E-state index in [1.54, 1.807) is 6.07 Å². The van der Waals surface area contributed by atoms with Crippen molar-refractivity contribution < 1.29 is 4.42 Å². The molecule has 0 aliphatic carbocycles. The van der Waals surface area contributed by atoms with Crippen molar-refractivity contribution in [1.29, 1.82) is 0 Å². The van der Waals surface area contributed by atoms with Gasteiger partial charge in [-0.05, 0) is 26.0 Å². The molecule has 0 aliphatic rings. The van der Waals surface area contributed by atoms with Crippen LogP contribution in [-0.2, 0) is 6.42 Å². The maximum atomic E-state index is 5.90. The molecule has 1 aromatic carbocycles. The van der Waals surface area contributed by atoms with Crippen LogP contribution in [0.1, 0.15) is 19.7 Å². The molecule has 15 heavy (non-hydrogen) atoms. The number of fused-ring (bicyclic) bond motifs is 1. The molecular formula is C11H15N3O. The third kappa shape index (κ3) is 2.10. The summed E-state index contributed by atoms with van der Waals surface area (Å²) in [4.78, 5) is 4.33. The topological polar surface area (TPSA) is 78.1 Å². The highest BCUT2D eigenvalue weighted by molar-refractivity contribution is 5.84. The van der Waals surface area contributed by atoms with Gasteiger partial charge < -0.3 is 15.9 Å². The number of oxazole rings is 1. The van der Waals surface area contributed by atoms with Crippen LogP contribution in [0.2, 0.25) is 0 Å². The lowest BCUT2D eigenvalue weighted by Gasteiger charge is -2.14. The fourth-order valence-corrected chi connectivity index (χ4v) is 1.48. The van der Waals surface area contributed by atoms with E-state index >= 15 is 0 Å². The Labute approximate surface area is 88.3 Å². The third-order valence-electron chi connectivity index (χ3n) is 2.10. The molecule has 0 spiro atoms. The van der Waals surface area contributed by atoms with Crippen LogP contribution < -0.4 is 11.5 Å². The van der Waals surface area contributed by atoms with E-state index < -0.39 is 0 Å². The quantitative estimate of drug-likeness (QED) is 0.731. The first kappa shape index (κ1) is 9.98. The molecule has 0 atom stereocenters. The number of nitrogen functional groups attached to an aromatic ring is 1. The summed E-state index contributed by atoms with van der Waals surface area (Å²) in [6, 6.07) is 5.53. The number of para-hydroxylation sites is 1. The second kappa shape index (κ2) is 3.24. The van der Waals surface area contributed by atoms with Gasteiger partial charge >= 0.3 is 0 Å². The molecule has 1 heterocycles. The van der Waals surface area contributed by atoms with Crippen LogP contribution in [0.15, 0.2) is 22.6 Å². The highest BCUT2D eigenvalue weighted by Crippen LogP contribution is 2.23. The molecule has 4 heteroatoms. The van der Waals surface area contributed by atoms with E-state index in [1.165, 1.54) is 0 Å². The van der Waals surface area contributed by atoms with E-state index in [2.05, 4.69) is 4.98 Å². The fraction of sp³-hybridized carbons (Fsp3) is 0.364. The van der Waals surface area contributed by atoms with E-state index in [4.69, 9.17) is 15.9 Å². The van der Waals surface area contributed by atoms with Gasteiger partial charge in [-0.3, -0.25) is 0 Å². The van der Waals surface area contributed by atoms with Crippen molar-refractivity contribution in [3.05, 3.63) is 24.1 Å². The SMILES string of the molecule is CC(C)(N)Cc1nc2cccc(N)c2o1. The lowest BCUT2D eigenvalue weighted by atomic mass is 10.0. The van der Waals surface area contributed by atoms with Gasteiger partial charge in [0.2, 0.25) is 0 Å². The number of aromatic nitrogens is 1. The van der Waals surface area contributed by atoms with Gasteiger partial charge in [-0.15, -0.1) is 0 Å². The van der Waals surface area contributed by atoms with Crippen LogP contribution in [0, 0.1) is 0 Å². The lowest BCUT2D eigenvalue weighted by Crippen LogP contribution is -2.34. The van der Waals surface area contributed by atoms with Gasteiger partial charge in [-0.25, -0.2) is 4.98 Å². The van der Waals surface area contributed by atoms with Crippen molar-refractivity contribution >= 4 is 16.8 Å². The van der Waals surface area contributed by atoms with Crippen molar-refractivity contribution in [1.82, 2.24) is 4.98 Å². The second-order valence-corrected chi connectivity index (χ2v) is 4.47. The molecule has 0 saturated carbocycles. The van der Waals surface area contributed by atoms with Gasteiger partial charge in [0.05, 0.1) is 5.69 Å². The first-order chi connectivity index (χ1) is 6.96. The monoisotopic (exact) mass is 205 g/mol. The summed E-state index contributed by atoms with van der Waals surface area (Å²) >= 11 is 0. The summed E-state index contributed by atoms with van der Waals surface area (Å²) in [6.45, 7) is 3.87. The Morgan fingerprint density at radius 1 is 1.40 bits per heavy atom. The maximum absolute atomic E-state index is 5.90. The standard InChI is InChI=1S/C11H15N3O/c1-11(2,13)6-9-14-8-5-3-4-7(12)10(8)15-9/h3-5H,6,12-13H2,1-2H3. The third-order valence-corrected chi connectivity index (χ3v) is 2.10. The van der Waals surface area contributed by atoms with Crippen molar-refractivity contribution in [3.8, 4) is 0 Å². The van der Waals surface area contributed by atoms with Crippen LogP contribution in [-0.4, -0.2) is 10.5 Å². The Kier molecular flexibility index (Phi) is 2.16. The highest BCUT2D eigenvalue weighted by atomic mass is 16.3. The molecule has 0 amide bonds. The fourth-order valence-electron chi connectivity index (χ4n) is 1.48. The van der Waals surface area contributed by atoms with Gasteiger partial charge in [-0.2, -0.15) is 0 Å². The maximum Gasteiger partial charge on any atom is 0.197 e. The molecule has 0 aliphatic heterocycles. The molecule has 1 aromatic heterocycles. The zero-order chi connectivity index (χ0) is 11.1. The van der Waals surface area contributed by atoms with Crippen LogP contribution in [0.5, 0.6) is 0 Å². The zero-order valence-electron chi connectivity index (χ0n) is 8.95. The van der Waals surface area contributed by atoms with Crippen LogP contribution in [0.25, 0.3) is 11.1 Å². The Hall–Kier alpha value is -1.55. The van der Waals surface area contributed by atoms with Crippen molar-refractivity contribution in [2.45, 2.75) is 25.8 Å². The van der Waals surface area contributed by atoms with Crippen LogP contribution >= 0.6 is 0 Å². The molecule has 2 aromatic rings. The summed E-state index contributed by atoms with van der Waals surface area (Å²) in [7, 11) is 0. The lowest BCUT2D eigenvalue weighted by molar-refractivity contribution is 0.434. The predicted octanol–water partition coefficient (Wildman–Crippen LogP) is 1.69. The zero-order valence-corrected chi connectivity index (χ0v) is 8.95. The normalized spacial score (nSPS) is 12.2. The van der Waals surface area contributed by atoms with Crippen LogP contribution in [0.4, 0.5) is 5.69 Å². The van der Waals surface area contributed by atoms with E-state index in [0.717, 1.165) is 5.52 Å². The molecule has 0 bridgehead atoms. The Bertz CT molecular complexity index is 482. The van der Waals surface area contributed by atoms with Gasteiger partial charge in [0.15, 0.2) is 11.5 Å². The minimum Gasteiger partial charge on any atom is -0.438 e. The van der Waals surface area contributed by atoms with Gasteiger partial charge in [0, 0.05) is 12.0 Å². The number of hydrogen-bond acceptors (Lipinski definition) is 4. The summed E-state index contributed by atoms with van der Waals surface area (Å²) in [5, 5.41) is 0. The minimum atomic E-state index is -0.324. The molecule has 0 saturated heterocycles. The number of nitrogens with two attached hydrogens (primary N) is 2. The van der Waals surface area contributed by atoms with Crippen molar-refractivity contribution in [3.63, 3.8) is 0 Å². The van der Waals surface area contributed by atoms with E-state index in [-0.39, 0.29) is 5.54 Å². The van der Waals surface area contributed by atoms with Crippen molar-refractivity contribution in [2.24, 2.45) is 5.73 Å². The second-order valence-electron chi connectivity index (χ2n) is 4.47. The summed E-state index contributed by atoms with van der Waals surface area (Å²) in [5.41, 5.74) is 13.4. The van der Waals surface area contributed by atoms with E-state index in [1.807, 2.05) is 26.0 Å². The number of rotatable bonds is 2. The minimum absolute atomic E-state index is 0.324. The molecule has 4 nitrogen and oxygen atoms in total. The molecule has 0 radical (unpaired) electrons. The molecule has 2 rings (SSSR count). The van der Waals surface area contributed by atoms with Gasteiger partial charge in [0.1, 0.15) is 5.52 Å². The van der Waals surface area contributed by atoms with Gasteiger partial charge in [-0.1, -0.05) is 6.07 Å². The van der Waals surface area contributed by atoms with Crippen LogP contribution in [0.3, 0.4) is 0 Å². The largest absolute Gasteiger partial charge is 0.438 e. The molecular weight excluding hydrogens is 190 g/mol. The molecule has 0 fully saturated rings. The summed E-state index contributed by atoms with van der Waals surface area (Å²) in [5.74, 6) is 0.635. The number of benzene rings is 1. The smallest absolute Gasteiger partial charge is 0.197 e. The molecule has 80 valence electrons. The van der Waals surface area contributed by atoms with E-state index in [9.17, 15) is 0 Å². The number of nitrogens with zero attached hydrogens (tertiary/aromatic N) is 1. The number of hydrogen-bond donors (Lipinski definition) is 2. The first-order valence-electron chi connectivity index (χ1n) is 4.88. The molecule has 4 N–H and O–H groups in total. The predicted molar refractivity (Wildman–Crippen MR) is 60.4 cm³/mol. The Morgan fingerprint density at radius 3 is 2.73 bits per heavy atom. The average molecular weight is 205 g/mol. The highest BCUT2D eigenvalue weighted by Gasteiger charge is 2.16. The Balaban J connectivity index is 2.44. The average Bonchev–Trinajstić information content (AvgIpc) is 2.45. The molecule has 0 unspecified atom stereocenters. The first-order valence-corrected chi connectivity index (χ1v) is 4.88. The summed E-state index contributed by atoms with van der Waals surface area (Å²) in [6.07, 6.45) is 0.598. The Morgan fingerprint density at radius 2 is 2.13 bits per heavy atom. The van der Waals surface area contributed by atoms with Crippen molar-refractivity contribution in [2.75, 3.05) is 5.73 Å². The summed E-state index contributed by atoms with van der Waals surface area (Å²) < 4.78 is 5.56. The van der Waals surface area contributed by atoms with Gasteiger partial charge in [0.25, 0.3) is 0 Å².